The summed E-state index contributed by atoms with van der Waals surface area (Å²) in [6.07, 6.45) is 0.865. The standard InChI is InChI=1S/C9H17F2N/c1-8(2)4-7(12-3)5-9(10,11)6-8/h7,12H,4-6H2,1-3H3. The Morgan fingerprint density at radius 1 is 1.25 bits per heavy atom. The first-order valence-corrected chi connectivity index (χ1v) is 4.40. The van der Waals surface area contributed by atoms with Crippen molar-refractivity contribution in [2.45, 2.75) is 45.1 Å². The highest BCUT2D eigenvalue weighted by Gasteiger charge is 2.44. The Kier molecular flexibility index (Phi) is 2.43. The molecule has 0 aliphatic heterocycles. The molecule has 1 fully saturated rings. The number of nitrogens with one attached hydrogen (secondary N) is 1. The molecule has 1 aliphatic rings. The van der Waals surface area contributed by atoms with Crippen LogP contribution in [0.4, 0.5) is 8.78 Å². The summed E-state index contributed by atoms with van der Waals surface area (Å²) in [5.74, 6) is -2.48. The molecule has 1 nitrogen and oxygen atoms in total. The van der Waals surface area contributed by atoms with Crippen LogP contribution in [0.25, 0.3) is 0 Å². The molecule has 0 heterocycles. The third-order valence-electron chi connectivity index (χ3n) is 2.49. The second-order valence-corrected chi connectivity index (χ2v) is 4.59. The van der Waals surface area contributed by atoms with Crippen LogP contribution in [0.15, 0.2) is 0 Å². The fraction of sp³-hybridized carbons (Fsp3) is 1.00. The molecule has 12 heavy (non-hydrogen) atoms. The molecule has 0 amide bonds. The molecule has 0 radical (unpaired) electrons. The van der Waals surface area contributed by atoms with Crippen LogP contribution in [0.1, 0.15) is 33.1 Å². The minimum absolute atomic E-state index is 0.00701. The monoisotopic (exact) mass is 177 g/mol. The molecular formula is C9H17F2N. The van der Waals surface area contributed by atoms with Gasteiger partial charge >= 0.3 is 0 Å². The Bertz CT molecular complexity index is 150. The summed E-state index contributed by atoms with van der Waals surface area (Å²) in [6.45, 7) is 3.81. The van der Waals surface area contributed by atoms with E-state index in [0.717, 1.165) is 6.42 Å². The predicted molar refractivity (Wildman–Crippen MR) is 45.4 cm³/mol. The fourth-order valence-electron chi connectivity index (χ4n) is 2.15. The average molecular weight is 177 g/mol. The molecular weight excluding hydrogens is 160 g/mol. The van der Waals surface area contributed by atoms with Gasteiger partial charge in [0, 0.05) is 18.9 Å². The van der Waals surface area contributed by atoms with Crippen molar-refractivity contribution in [2.24, 2.45) is 5.41 Å². The fourth-order valence-corrected chi connectivity index (χ4v) is 2.15. The van der Waals surface area contributed by atoms with Crippen molar-refractivity contribution in [3.8, 4) is 0 Å². The zero-order valence-electron chi connectivity index (χ0n) is 7.95. The van der Waals surface area contributed by atoms with Crippen molar-refractivity contribution in [3.05, 3.63) is 0 Å². The van der Waals surface area contributed by atoms with Crippen LogP contribution >= 0.6 is 0 Å². The lowest BCUT2D eigenvalue weighted by molar-refractivity contribution is -0.0831. The normalized spacial score (nSPS) is 33.2. The predicted octanol–water partition coefficient (Wildman–Crippen LogP) is 2.42. The van der Waals surface area contributed by atoms with Gasteiger partial charge < -0.3 is 5.32 Å². The number of alkyl halides is 2. The summed E-state index contributed by atoms with van der Waals surface area (Å²) in [6, 6.07) is -0.0243. The van der Waals surface area contributed by atoms with Crippen molar-refractivity contribution in [3.63, 3.8) is 0 Å². The lowest BCUT2D eigenvalue weighted by atomic mass is 9.73. The Morgan fingerprint density at radius 2 is 1.83 bits per heavy atom. The third kappa shape index (κ3) is 2.41. The van der Waals surface area contributed by atoms with Gasteiger partial charge in [-0.2, -0.15) is 0 Å². The highest BCUT2D eigenvalue weighted by atomic mass is 19.3. The van der Waals surface area contributed by atoms with E-state index in [2.05, 4.69) is 5.32 Å². The van der Waals surface area contributed by atoms with Gasteiger partial charge in [0.25, 0.3) is 0 Å². The first-order valence-electron chi connectivity index (χ1n) is 4.40. The van der Waals surface area contributed by atoms with Crippen LogP contribution in [0.5, 0.6) is 0 Å². The van der Waals surface area contributed by atoms with Crippen molar-refractivity contribution in [2.75, 3.05) is 7.05 Å². The molecule has 3 heteroatoms. The maximum Gasteiger partial charge on any atom is 0.250 e. The minimum atomic E-state index is -2.48. The van der Waals surface area contributed by atoms with E-state index in [9.17, 15) is 8.78 Å². The quantitative estimate of drug-likeness (QED) is 0.648. The molecule has 0 spiro atoms. The molecule has 72 valence electrons. The van der Waals surface area contributed by atoms with E-state index in [4.69, 9.17) is 0 Å². The third-order valence-corrected chi connectivity index (χ3v) is 2.49. The largest absolute Gasteiger partial charge is 0.317 e. The number of halogens is 2. The van der Waals surface area contributed by atoms with Gasteiger partial charge in [-0.1, -0.05) is 13.8 Å². The van der Waals surface area contributed by atoms with E-state index >= 15 is 0 Å². The molecule has 0 aromatic heterocycles. The van der Waals surface area contributed by atoms with Crippen LogP contribution in [0.3, 0.4) is 0 Å². The topological polar surface area (TPSA) is 12.0 Å². The van der Waals surface area contributed by atoms with Gasteiger partial charge in [0.15, 0.2) is 0 Å². The van der Waals surface area contributed by atoms with Crippen LogP contribution in [0, 0.1) is 5.41 Å². The molecule has 0 aromatic rings. The summed E-state index contributed by atoms with van der Waals surface area (Å²) < 4.78 is 26.2. The lowest BCUT2D eigenvalue weighted by Gasteiger charge is -2.39. The van der Waals surface area contributed by atoms with Gasteiger partial charge in [-0.05, 0) is 18.9 Å². The molecule has 1 rings (SSSR count). The Hall–Kier alpha value is -0.180. The van der Waals surface area contributed by atoms with Crippen molar-refractivity contribution < 1.29 is 8.78 Å². The van der Waals surface area contributed by atoms with E-state index < -0.39 is 5.92 Å². The lowest BCUT2D eigenvalue weighted by Crippen LogP contribution is -2.44. The average Bonchev–Trinajstić information content (AvgIpc) is 1.80. The molecule has 1 unspecified atom stereocenters. The van der Waals surface area contributed by atoms with Gasteiger partial charge in [-0.3, -0.25) is 0 Å². The zero-order chi connectivity index (χ0) is 9.41. The summed E-state index contributed by atoms with van der Waals surface area (Å²) in [5, 5.41) is 2.94. The molecule has 0 saturated heterocycles. The molecule has 1 atom stereocenters. The van der Waals surface area contributed by atoms with E-state index in [1.165, 1.54) is 0 Å². The highest BCUT2D eigenvalue weighted by Crippen LogP contribution is 2.43. The van der Waals surface area contributed by atoms with Crippen LogP contribution in [0.2, 0.25) is 0 Å². The van der Waals surface area contributed by atoms with E-state index in [1.54, 1.807) is 7.05 Å². The smallest absolute Gasteiger partial charge is 0.250 e. The van der Waals surface area contributed by atoms with Crippen molar-refractivity contribution in [1.29, 1.82) is 0 Å². The molecule has 1 N–H and O–H groups in total. The molecule has 0 bridgehead atoms. The first kappa shape index (κ1) is 9.90. The highest BCUT2D eigenvalue weighted by molar-refractivity contribution is 4.91. The summed E-state index contributed by atoms with van der Waals surface area (Å²) >= 11 is 0. The van der Waals surface area contributed by atoms with Crippen LogP contribution in [-0.2, 0) is 0 Å². The Morgan fingerprint density at radius 3 is 2.25 bits per heavy atom. The second-order valence-electron chi connectivity index (χ2n) is 4.59. The molecule has 0 aromatic carbocycles. The number of hydrogen-bond donors (Lipinski definition) is 1. The van der Waals surface area contributed by atoms with Gasteiger partial charge in [-0.25, -0.2) is 8.78 Å². The Balaban J connectivity index is 2.66. The van der Waals surface area contributed by atoms with Crippen LogP contribution in [-0.4, -0.2) is 19.0 Å². The van der Waals surface area contributed by atoms with Crippen molar-refractivity contribution in [1.82, 2.24) is 5.32 Å². The second kappa shape index (κ2) is 2.95. The van der Waals surface area contributed by atoms with Crippen LogP contribution < -0.4 is 5.32 Å². The van der Waals surface area contributed by atoms with Gasteiger partial charge in [0.1, 0.15) is 0 Å². The summed E-state index contributed by atoms with van der Waals surface area (Å²) in [7, 11) is 1.75. The first-order chi connectivity index (χ1) is 5.35. The molecule has 1 aliphatic carbocycles. The van der Waals surface area contributed by atoms with E-state index in [-0.39, 0.29) is 24.3 Å². The van der Waals surface area contributed by atoms with Gasteiger partial charge in [0.05, 0.1) is 0 Å². The minimum Gasteiger partial charge on any atom is -0.317 e. The zero-order valence-corrected chi connectivity index (χ0v) is 7.95. The van der Waals surface area contributed by atoms with E-state index in [1.807, 2.05) is 13.8 Å². The maximum atomic E-state index is 13.1. The number of rotatable bonds is 1. The number of hydrogen-bond acceptors (Lipinski definition) is 1. The maximum absolute atomic E-state index is 13.1. The summed E-state index contributed by atoms with van der Waals surface area (Å²) in [5.41, 5.74) is -0.227. The van der Waals surface area contributed by atoms with Gasteiger partial charge in [-0.15, -0.1) is 0 Å². The SMILES string of the molecule is CNC1CC(C)(C)CC(F)(F)C1. The van der Waals surface area contributed by atoms with Gasteiger partial charge in [0.2, 0.25) is 5.92 Å². The molecule has 1 saturated carbocycles. The summed E-state index contributed by atoms with van der Waals surface area (Å²) in [4.78, 5) is 0. The van der Waals surface area contributed by atoms with Crippen molar-refractivity contribution >= 4 is 0 Å². The van der Waals surface area contributed by atoms with E-state index in [0.29, 0.717) is 0 Å². The Labute approximate surface area is 72.5 Å².